The van der Waals surface area contributed by atoms with Gasteiger partial charge in [0.2, 0.25) is 0 Å². The van der Waals surface area contributed by atoms with E-state index in [9.17, 15) is 4.79 Å². The number of allylic oxidation sites excluding steroid dienone is 1. The van der Waals surface area contributed by atoms with Crippen LogP contribution >= 0.6 is 0 Å². The van der Waals surface area contributed by atoms with Crippen LogP contribution < -0.4 is 15.5 Å². The Morgan fingerprint density at radius 3 is 2.61 bits per heavy atom. The summed E-state index contributed by atoms with van der Waals surface area (Å²) in [5.74, 6) is -0.271. The molecule has 1 aliphatic heterocycles. The maximum Gasteiger partial charge on any atom is 0.325 e. The topological polar surface area (TPSA) is 103 Å². The lowest BCUT2D eigenvalue weighted by Crippen LogP contribution is -2.41. The van der Waals surface area contributed by atoms with Gasteiger partial charge in [0, 0.05) is 48.5 Å². The van der Waals surface area contributed by atoms with Crippen molar-refractivity contribution in [3.05, 3.63) is 66.6 Å². The van der Waals surface area contributed by atoms with Gasteiger partial charge in [-0.2, -0.15) is 0 Å². The van der Waals surface area contributed by atoms with Crippen LogP contribution in [0.25, 0.3) is 16.6 Å². The van der Waals surface area contributed by atoms with Crippen LogP contribution in [0.1, 0.15) is 39.3 Å². The quantitative estimate of drug-likeness (QED) is 0.315. The number of benzene rings is 2. The van der Waals surface area contributed by atoms with E-state index in [-0.39, 0.29) is 12.5 Å². The Balaban J connectivity index is 1.31. The molecular weight excluding hydrogens is 452 g/mol. The van der Waals surface area contributed by atoms with E-state index in [1.54, 1.807) is 6.20 Å². The van der Waals surface area contributed by atoms with E-state index in [0.29, 0.717) is 17.3 Å². The summed E-state index contributed by atoms with van der Waals surface area (Å²) in [7, 11) is 0. The highest BCUT2D eigenvalue weighted by Crippen LogP contribution is 2.24. The standard InChI is InChI=1S/C28H34N6O2/c1-28(2,3)36-27(35)19-31-22-7-6-8-23(15-22)34-13-11-21(12-14-34)30-17-20(16-29)26-18-32-24-9-4-5-10-25(24)33-26/h4-10,15-18,21,29-31H,11-14,19H2,1-3H3/b20-17+,29-16?. The molecule has 1 aromatic heterocycles. The van der Waals surface area contributed by atoms with Gasteiger partial charge in [0.15, 0.2) is 0 Å². The number of rotatable bonds is 8. The van der Waals surface area contributed by atoms with Crippen LogP contribution in [0.4, 0.5) is 11.4 Å². The van der Waals surface area contributed by atoms with Crippen molar-refractivity contribution in [1.82, 2.24) is 15.3 Å². The number of ether oxygens (including phenoxy) is 1. The molecule has 2 aromatic carbocycles. The van der Waals surface area contributed by atoms with Gasteiger partial charge in [-0.3, -0.25) is 9.78 Å². The molecule has 0 atom stereocenters. The summed E-state index contributed by atoms with van der Waals surface area (Å²) in [6, 6.07) is 16.2. The lowest BCUT2D eigenvalue weighted by Gasteiger charge is -2.34. The fourth-order valence-electron chi connectivity index (χ4n) is 4.16. The number of nitrogens with one attached hydrogen (secondary N) is 3. The molecule has 0 bridgehead atoms. The molecule has 2 heterocycles. The Hall–Kier alpha value is -3.94. The number of carbonyl (C=O) groups is 1. The molecule has 1 aliphatic rings. The maximum absolute atomic E-state index is 12.0. The van der Waals surface area contributed by atoms with E-state index < -0.39 is 5.60 Å². The molecule has 4 rings (SSSR count). The third-order valence-electron chi connectivity index (χ3n) is 5.94. The predicted molar refractivity (Wildman–Crippen MR) is 145 cm³/mol. The molecule has 188 valence electrons. The van der Waals surface area contributed by atoms with Crippen LogP contribution in [0.2, 0.25) is 0 Å². The zero-order valence-electron chi connectivity index (χ0n) is 21.1. The number of hydrogen-bond acceptors (Lipinski definition) is 8. The highest BCUT2D eigenvalue weighted by molar-refractivity contribution is 6.07. The van der Waals surface area contributed by atoms with Gasteiger partial charge in [-0.05, 0) is 63.9 Å². The van der Waals surface area contributed by atoms with Crippen molar-refractivity contribution < 1.29 is 9.53 Å². The average molecular weight is 487 g/mol. The summed E-state index contributed by atoms with van der Waals surface area (Å²) in [4.78, 5) is 23.5. The van der Waals surface area contributed by atoms with Crippen LogP contribution in [0.15, 0.2) is 60.9 Å². The molecule has 3 aromatic rings. The first-order valence-electron chi connectivity index (χ1n) is 12.3. The number of piperidine rings is 1. The second-order valence-electron chi connectivity index (χ2n) is 9.91. The lowest BCUT2D eigenvalue weighted by atomic mass is 10.0. The zero-order chi connectivity index (χ0) is 25.5. The van der Waals surface area contributed by atoms with Crippen molar-refractivity contribution in [3.63, 3.8) is 0 Å². The molecule has 0 radical (unpaired) electrons. The molecule has 0 spiro atoms. The Morgan fingerprint density at radius 2 is 1.89 bits per heavy atom. The fourth-order valence-corrected chi connectivity index (χ4v) is 4.16. The molecule has 0 amide bonds. The highest BCUT2D eigenvalue weighted by atomic mass is 16.6. The van der Waals surface area contributed by atoms with Crippen molar-refractivity contribution in [2.75, 3.05) is 29.9 Å². The largest absolute Gasteiger partial charge is 0.459 e. The smallest absolute Gasteiger partial charge is 0.325 e. The van der Waals surface area contributed by atoms with Crippen LogP contribution in [-0.4, -0.2) is 53.4 Å². The minimum atomic E-state index is -0.490. The highest BCUT2D eigenvalue weighted by Gasteiger charge is 2.20. The minimum absolute atomic E-state index is 0.135. The van der Waals surface area contributed by atoms with Crippen molar-refractivity contribution in [3.8, 4) is 0 Å². The van der Waals surface area contributed by atoms with Gasteiger partial charge in [0.05, 0.1) is 22.9 Å². The van der Waals surface area contributed by atoms with E-state index in [1.807, 2.05) is 63.4 Å². The molecule has 36 heavy (non-hydrogen) atoms. The summed E-state index contributed by atoms with van der Waals surface area (Å²) >= 11 is 0. The monoisotopic (exact) mass is 486 g/mol. The summed E-state index contributed by atoms with van der Waals surface area (Å²) in [5.41, 5.74) is 4.59. The summed E-state index contributed by atoms with van der Waals surface area (Å²) in [6.45, 7) is 7.55. The first kappa shape index (κ1) is 25.2. The molecule has 8 heteroatoms. The average Bonchev–Trinajstić information content (AvgIpc) is 2.87. The van der Waals surface area contributed by atoms with E-state index in [0.717, 1.165) is 48.3 Å². The molecule has 1 fully saturated rings. The van der Waals surface area contributed by atoms with Crippen LogP contribution in [0, 0.1) is 5.41 Å². The summed E-state index contributed by atoms with van der Waals surface area (Å²) < 4.78 is 5.37. The molecule has 0 saturated carbocycles. The number of aromatic nitrogens is 2. The van der Waals surface area contributed by atoms with E-state index >= 15 is 0 Å². The van der Waals surface area contributed by atoms with Crippen LogP contribution in [0.5, 0.6) is 0 Å². The van der Waals surface area contributed by atoms with Crippen molar-refractivity contribution in [2.24, 2.45) is 0 Å². The predicted octanol–water partition coefficient (Wildman–Crippen LogP) is 4.63. The normalized spacial score (nSPS) is 15.0. The Labute approximate surface area is 212 Å². The number of para-hydroxylation sites is 2. The number of carbonyl (C=O) groups excluding carboxylic acids is 1. The third-order valence-corrected chi connectivity index (χ3v) is 5.94. The first-order chi connectivity index (χ1) is 17.3. The zero-order valence-corrected chi connectivity index (χ0v) is 21.1. The molecule has 8 nitrogen and oxygen atoms in total. The van der Waals surface area contributed by atoms with Crippen LogP contribution in [-0.2, 0) is 9.53 Å². The van der Waals surface area contributed by atoms with E-state index in [4.69, 9.17) is 10.1 Å². The fraction of sp³-hybridized carbons (Fsp3) is 0.357. The van der Waals surface area contributed by atoms with Gasteiger partial charge in [-0.1, -0.05) is 18.2 Å². The lowest BCUT2D eigenvalue weighted by molar-refractivity contribution is -0.152. The number of fused-ring (bicyclic) bond motifs is 1. The number of anilines is 2. The van der Waals surface area contributed by atoms with Gasteiger partial charge < -0.3 is 25.7 Å². The van der Waals surface area contributed by atoms with Crippen molar-refractivity contribution >= 4 is 40.2 Å². The van der Waals surface area contributed by atoms with Crippen molar-refractivity contribution in [2.45, 2.75) is 45.3 Å². The molecule has 0 unspecified atom stereocenters. The number of hydrogen-bond donors (Lipinski definition) is 3. The minimum Gasteiger partial charge on any atom is -0.459 e. The van der Waals surface area contributed by atoms with Gasteiger partial charge in [-0.25, -0.2) is 4.98 Å². The molecule has 1 saturated heterocycles. The SMILES string of the molecule is CC(C)(C)OC(=O)CNc1cccc(N2CCC(N/C=C(\C=N)c3cnc4ccccc4n3)CC2)c1. The maximum atomic E-state index is 12.0. The van der Waals surface area contributed by atoms with Gasteiger partial charge >= 0.3 is 5.97 Å². The second kappa shape index (κ2) is 11.2. The summed E-state index contributed by atoms with van der Waals surface area (Å²) in [6.07, 6.45) is 6.86. The van der Waals surface area contributed by atoms with Crippen molar-refractivity contribution in [1.29, 1.82) is 5.41 Å². The van der Waals surface area contributed by atoms with Gasteiger partial charge in [-0.15, -0.1) is 0 Å². The molecule has 3 N–H and O–H groups in total. The van der Waals surface area contributed by atoms with Gasteiger partial charge in [0.1, 0.15) is 12.1 Å². The summed E-state index contributed by atoms with van der Waals surface area (Å²) in [5, 5.41) is 14.5. The Kier molecular flexibility index (Phi) is 7.83. The van der Waals surface area contributed by atoms with E-state index in [2.05, 4.69) is 37.6 Å². The Bertz CT molecular complexity index is 1240. The molecule has 0 aliphatic carbocycles. The second-order valence-corrected chi connectivity index (χ2v) is 9.91. The number of nitrogens with zero attached hydrogens (tertiary/aromatic N) is 3. The molecular formula is C28H34N6O2. The number of esters is 1. The van der Waals surface area contributed by atoms with E-state index in [1.165, 1.54) is 6.21 Å². The third kappa shape index (κ3) is 6.81. The Morgan fingerprint density at radius 1 is 1.14 bits per heavy atom. The first-order valence-corrected chi connectivity index (χ1v) is 12.3. The van der Waals surface area contributed by atoms with Crippen LogP contribution in [0.3, 0.4) is 0 Å². The van der Waals surface area contributed by atoms with Gasteiger partial charge in [0.25, 0.3) is 0 Å².